The van der Waals surface area contributed by atoms with Crippen molar-refractivity contribution in [3.63, 3.8) is 0 Å². The molecule has 1 saturated heterocycles. The van der Waals surface area contributed by atoms with Crippen LogP contribution < -0.4 is 4.74 Å². The van der Waals surface area contributed by atoms with Gasteiger partial charge in [0, 0.05) is 39.8 Å². The molecule has 174 valence electrons. The fourth-order valence-electron chi connectivity index (χ4n) is 4.35. The zero-order valence-corrected chi connectivity index (χ0v) is 19.3. The number of imide groups is 1. The van der Waals surface area contributed by atoms with Crippen LogP contribution in [0.4, 0.5) is 0 Å². The lowest BCUT2D eigenvalue weighted by molar-refractivity contribution is -0.137. The summed E-state index contributed by atoms with van der Waals surface area (Å²) >= 11 is 0. The second-order valence-corrected chi connectivity index (χ2v) is 8.36. The average molecular weight is 450 g/mol. The van der Waals surface area contributed by atoms with Crippen LogP contribution in [0.25, 0.3) is 5.57 Å². The number of methoxy groups -OCH3 is 1. The van der Waals surface area contributed by atoms with Gasteiger partial charge in [-0.15, -0.1) is 0 Å². The van der Waals surface area contributed by atoms with Crippen LogP contribution in [-0.2, 0) is 20.9 Å². The van der Waals surface area contributed by atoms with Gasteiger partial charge in [0.05, 0.1) is 25.9 Å². The lowest BCUT2D eigenvalue weighted by atomic mass is 10.0. The molecule has 2 aromatic carbocycles. The summed E-state index contributed by atoms with van der Waals surface area (Å²) in [6.45, 7) is 5.03. The molecular formula is C26H31N3O4. The molecule has 0 saturated carbocycles. The zero-order chi connectivity index (χ0) is 23.2. The first kappa shape index (κ1) is 23.0. The van der Waals surface area contributed by atoms with E-state index in [9.17, 15) is 9.59 Å². The maximum Gasteiger partial charge on any atom is 0.277 e. The van der Waals surface area contributed by atoms with E-state index in [4.69, 9.17) is 9.47 Å². The van der Waals surface area contributed by atoms with Gasteiger partial charge in [0.2, 0.25) is 0 Å². The number of amides is 2. The van der Waals surface area contributed by atoms with E-state index in [1.54, 1.807) is 7.11 Å². The molecule has 2 aromatic rings. The van der Waals surface area contributed by atoms with Gasteiger partial charge in [-0.25, -0.2) is 0 Å². The number of likely N-dealkylation sites (N-methyl/N-ethyl adjacent to an activating group) is 1. The van der Waals surface area contributed by atoms with Crippen molar-refractivity contribution >= 4 is 17.4 Å². The van der Waals surface area contributed by atoms with Crippen LogP contribution in [0.1, 0.15) is 17.5 Å². The van der Waals surface area contributed by atoms with Crippen LogP contribution in [-0.4, -0.2) is 80.1 Å². The standard InChI is InChI=1S/C26H31N3O4/c1-27(19-20-7-4-3-5-8-20)24-23(21-9-11-22(32-2)12-10-21)25(30)29(26(24)31)14-6-13-28-15-17-33-18-16-28/h3-5,7-12H,6,13-19H2,1-2H3. The maximum absolute atomic E-state index is 13.5. The van der Waals surface area contributed by atoms with Gasteiger partial charge >= 0.3 is 0 Å². The van der Waals surface area contributed by atoms with E-state index in [0.29, 0.717) is 30.1 Å². The van der Waals surface area contributed by atoms with E-state index < -0.39 is 0 Å². The third-order valence-corrected chi connectivity index (χ3v) is 6.13. The van der Waals surface area contributed by atoms with E-state index in [0.717, 1.165) is 50.4 Å². The molecule has 0 aliphatic carbocycles. The van der Waals surface area contributed by atoms with Crippen LogP contribution in [0.5, 0.6) is 5.75 Å². The number of benzene rings is 2. The van der Waals surface area contributed by atoms with Crippen LogP contribution in [0.2, 0.25) is 0 Å². The van der Waals surface area contributed by atoms with Gasteiger partial charge in [-0.3, -0.25) is 19.4 Å². The molecule has 0 radical (unpaired) electrons. The molecular weight excluding hydrogens is 418 g/mol. The minimum atomic E-state index is -0.234. The Bertz CT molecular complexity index is 998. The summed E-state index contributed by atoms with van der Waals surface area (Å²) < 4.78 is 10.7. The number of nitrogens with zero attached hydrogens (tertiary/aromatic N) is 3. The van der Waals surface area contributed by atoms with Crippen molar-refractivity contribution in [2.24, 2.45) is 0 Å². The maximum atomic E-state index is 13.5. The van der Waals surface area contributed by atoms with Crippen molar-refractivity contribution in [3.8, 4) is 5.75 Å². The topological polar surface area (TPSA) is 62.3 Å². The molecule has 0 spiro atoms. The lowest BCUT2D eigenvalue weighted by Gasteiger charge is -2.27. The summed E-state index contributed by atoms with van der Waals surface area (Å²) in [6, 6.07) is 17.3. The van der Waals surface area contributed by atoms with Gasteiger partial charge in [-0.2, -0.15) is 0 Å². The Balaban J connectivity index is 1.56. The van der Waals surface area contributed by atoms with Crippen LogP contribution >= 0.6 is 0 Å². The fraction of sp³-hybridized carbons (Fsp3) is 0.385. The number of hydrogen-bond acceptors (Lipinski definition) is 6. The van der Waals surface area contributed by atoms with Gasteiger partial charge in [-0.05, 0) is 29.7 Å². The zero-order valence-electron chi connectivity index (χ0n) is 19.3. The first-order valence-electron chi connectivity index (χ1n) is 11.4. The van der Waals surface area contributed by atoms with Crippen molar-refractivity contribution in [3.05, 3.63) is 71.4 Å². The lowest BCUT2D eigenvalue weighted by Crippen LogP contribution is -2.39. The van der Waals surface area contributed by atoms with Crippen LogP contribution in [0.3, 0.4) is 0 Å². The average Bonchev–Trinajstić information content (AvgIpc) is 3.10. The molecule has 0 atom stereocenters. The summed E-state index contributed by atoms with van der Waals surface area (Å²) in [6.07, 6.45) is 0.739. The molecule has 2 amide bonds. The van der Waals surface area contributed by atoms with E-state index in [-0.39, 0.29) is 11.8 Å². The molecule has 0 unspecified atom stereocenters. The van der Waals surface area contributed by atoms with Crippen LogP contribution in [0.15, 0.2) is 60.3 Å². The Labute approximate surface area is 195 Å². The summed E-state index contributed by atoms with van der Waals surface area (Å²) in [4.78, 5) is 32.6. The van der Waals surface area contributed by atoms with Gasteiger partial charge in [0.1, 0.15) is 11.4 Å². The predicted molar refractivity (Wildman–Crippen MR) is 126 cm³/mol. The summed E-state index contributed by atoms with van der Waals surface area (Å²) in [5.41, 5.74) is 2.69. The van der Waals surface area contributed by atoms with E-state index in [1.807, 2.05) is 66.5 Å². The van der Waals surface area contributed by atoms with Crippen molar-refractivity contribution in [1.29, 1.82) is 0 Å². The molecule has 4 rings (SSSR count). The van der Waals surface area contributed by atoms with Gasteiger partial charge in [-0.1, -0.05) is 42.5 Å². The third kappa shape index (κ3) is 5.26. The second-order valence-electron chi connectivity index (χ2n) is 8.36. The van der Waals surface area contributed by atoms with Gasteiger partial charge < -0.3 is 14.4 Å². The number of carbonyl (C=O) groups excluding carboxylic acids is 2. The molecule has 33 heavy (non-hydrogen) atoms. The highest BCUT2D eigenvalue weighted by molar-refractivity contribution is 6.35. The normalized spacial score (nSPS) is 17.1. The SMILES string of the molecule is COc1ccc(C2=C(N(C)Cc3ccccc3)C(=O)N(CCCN3CCOCC3)C2=O)cc1. The number of morpholine rings is 1. The summed E-state index contributed by atoms with van der Waals surface area (Å²) in [5.74, 6) is 0.242. The molecule has 2 aliphatic rings. The number of ether oxygens (including phenoxy) is 2. The molecule has 7 nitrogen and oxygen atoms in total. The van der Waals surface area contributed by atoms with Gasteiger partial charge in [0.25, 0.3) is 11.8 Å². The molecule has 1 fully saturated rings. The number of rotatable bonds is 9. The highest BCUT2D eigenvalue weighted by Gasteiger charge is 2.40. The Morgan fingerprint density at radius 2 is 1.64 bits per heavy atom. The Kier molecular flexibility index (Phi) is 7.42. The second kappa shape index (κ2) is 10.6. The highest BCUT2D eigenvalue weighted by Crippen LogP contribution is 2.32. The molecule has 2 aliphatic heterocycles. The minimum Gasteiger partial charge on any atom is -0.497 e. The first-order chi connectivity index (χ1) is 16.1. The molecule has 0 bridgehead atoms. The monoisotopic (exact) mass is 449 g/mol. The van der Waals surface area contributed by atoms with E-state index in [1.165, 1.54) is 4.90 Å². The number of hydrogen-bond donors (Lipinski definition) is 0. The first-order valence-corrected chi connectivity index (χ1v) is 11.4. The predicted octanol–water partition coefficient (Wildman–Crippen LogP) is 2.63. The minimum absolute atomic E-state index is 0.230. The van der Waals surface area contributed by atoms with Gasteiger partial charge in [0.15, 0.2) is 0 Å². The van der Waals surface area contributed by atoms with E-state index >= 15 is 0 Å². The molecule has 2 heterocycles. The molecule has 0 N–H and O–H groups in total. The fourth-order valence-corrected chi connectivity index (χ4v) is 4.35. The molecule has 7 heteroatoms. The molecule has 0 aromatic heterocycles. The Morgan fingerprint density at radius 3 is 2.30 bits per heavy atom. The van der Waals surface area contributed by atoms with E-state index in [2.05, 4.69) is 4.90 Å². The summed E-state index contributed by atoms with van der Waals surface area (Å²) in [5, 5.41) is 0. The van der Waals surface area contributed by atoms with Crippen molar-refractivity contribution in [2.45, 2.75) is 13.0 Å². The largest absolute Gasteiger partial charge is 0.497 e. The van der Waals surface area contributed by atoms with Crippen molar-refractivity contribution in [2.75, 3.05) is 53.6 Å². The smallest absolute Gasteiger partial charge is 0.277 e. The Hall–Kier alpha value is -3.16. The summed E-state index contributed by atoms with van der Waals surface area (Å²) in [7, 11) is 3.47. The third-order valence-electron chi connectivity index (χ3n) is 6.13. The highest BCUT2D eigenvalue weighted by atomic mass is 16.5. The van der Waals surface area contributed by atoms with Crippen molar-refractivity contribution in [1.82, 2.24) is 14.7 Å². The van der Waals surface area contributed by atoms with Crippen molar-refractivity contribution < 1.29 is 19.1 Å². The quantitative estimate of drug-likeness (QED) is 0.549. The number of carbonyl (C=O) groups is 2. The van der Waals surface area contributed by atoms with Crippen LogP contribution in [0, 0.1) is 0 Å². The Morgan fingerprint density at radius 1 is 0.939 bits per heavy atom.